The Labute approximate surface area is 117 Å². The fourth-order valence-electron chi connectivity index (χ4n) is 2.08. The van der Waals surface area contributed by atoms with Gasteiger partial charge in [-0.25, -0.2) is 0 Å². The van der Waals surface area contributed by atoms with Gasteiger partial charge in [0.25, 0.3) is 5.91 Å². The second-order valence-electron chi connectivity index (χ2n) is 4.67. The van der Waals surface area contributed by atoms with E-state index in [1.165, 1.54) is 0 Å². The van der Waals surface area contributed by atoms with Crippen molar-refractivity contribution in [3.05, 3.63) is 35.5 Å². The molecule has 0 atom stereocenters. The summed E-state index contributed by atoms with van der Waals surface area (Å²) in [6.45, 7) is 0. The number of carbonyl (C=O) groups is 1. The molecule has 1 saturated heterocycles. The SMILES string of the molecule is COc1ccc(/C=C2\NC(=S)N(C3CC3)C2=O)cc1. The second-order valence-corrected chi connectivity index (χ2v) is 5.05. The number of thiocarbonyl (C=S) groups is 1. The molecule has 1 aliphatic carbocycles. The number of nitrogens with zero attached hydrogens (tertiary/aromatic N) is 1. The molecule has 5 heteroatoms. The van der Waals surface area contributed by atoms with E-state index in [9.17, 15) is 4.79 Å². The van der Waals surface area contributed by atoms with Crippen molar-refractivity contribution in [3.63, 3.8) is 0 Å². The van der Waals surface area contributed by atoms with E-state index in [1.54, 1.807) is 12.0 Å². The fourth-order valence-corrected chi connectivity index (χ4v) is 2.42. The minimum absolute atomic E-state index is 0.0247. The average molecular weight is 274 g/mol. The predicted octanol–water partition coefficient (Wildman–Crippen LogP) is 1.92. The lowest BCUT2D eigenvalue weighted by Gasteiger charge is -2.11. The van der Waals surface area contributed by atoms with E-state index in [1.807, 2.05) is 30.3 Å². The number of carbonyl (C=O) groups excluding carboxylic acids is 1. The van der Waals surface area contributed by atoms with Crippen LogP contribution in [0, 0.1) is 0 Å². The summed E-state index contributed by atoms with van der Waals surface area (Å²) in [5.41, 5.74) is 1.49. The molecule has 1 aromatic rings. The lowest BCUT2D eigenvalue weighted by Crippen LogP contribution is -2.32. The van der Waals surface area contributed by atoms with Gasteiger partial charge in [-0.15, -0.1) is 0 Å². The first-order valence-corrected chi connectivity index (χ1v) is 6.60. The Morgan fingerprint density at radius 2 is 2.05 bits per heavy atom. The predicted molar refractivity (Wildman–Crippen MR) is 76.6 cm³/mol. The van der Waals surface area contributed by atoms with Crippen molar-refractivity contribution in [2.24, 2.45) is 0 Å². The molecule has 1 amide bonds. The molecule has 1 aromatic carbocycles. The lowest BCUT2D eigenvalue weighted by molar-refractivity contribution is -0.122. The zero-order valence-corrected chi connectivity index (χ0v) is 11.4. The third-order valence-electron chi connectivity index (χ3n) is 3.25. The first-order valence-electron chi connectivity index (χ1n) is 6.19. The van der Waals surface area contributed by atoms with Crippen molar-refractivity contribution >= 4 is 29.3 Å². The molecule has 19 heavy (non-hydrogen) atoms. The Morgan fingerprint density at radius 1 is 1.37 bits per heavy atom. The first kappa shape index (κ1) is 12.2. The topological polar surface area (TPSA) is 41.6 Å². The van der Waals surface area contributed by atoms with Gasteiger partial charge in [-0.05, 0) is 48.8 Å². The normalized spacial score (nSPS) is 20.9. The van der Waals surface area contributed by atoms with Crippen molar-refractivity contribution < 1.29 is 9.53 Å². The number of benzene rings is 1. The van der Waals surface area contributed by atoms with E-state index >= 15 is 0 Å². The van der Waals surface area contributed by atoms with Crippen molar-refractivity contribution in [1.29, 1.82) is 0 Å². The molecular formula is C14H14N2O2S. The van der Waals surface area contributed by atoms with E-state index in [4.69, 9.17) is 17.0 Å². The minimum atomic E-state index is -0.0247. The number of hydrogen-bond acceptors (Lipinski definition) is 3. The first-order chi connectivity index (χ1) is 9.19. The summed E-state index contributed by atoms with van der Waals surface area (Å²) in [6, 6.07) is 7.84. The molecule has 3 rings (SSSR count). The Morgan fingerprint density at radius 3 is 2.63 bits per heavy atom. The van der Waals surface area contributed by atoms with Crippen LogP contribution in [-0.4, -0.2) is 29.1 Å². The molecular weight excluding hydrogens is 260 g/mol. The molecule has 1 heterocycles. The number of ether oxygens (including phenoxy) is 1. The van der Waals surface area contributed by atoms with Crippen molar-refractivity contribution in [2.75, 3.05) is 7.11 Å². The van der Waals surface area contributed by atoms with E-state index in [2.05, 4.69) is 5.32 Å². The van der Waals surface area contributed by atoms with Gasteiger partial charge in [0.2, 0.25) is 0 Å². The Kier molecular flexibility index (Phi) is 2.98. The largest absolute Gasteiger partial charge is 0.497 e. The van der Waals surface area contributed by atoms with Gasteiger partial charge in [0, 0.05) is 6.04 Å². The molecule has 0 radical (unpaired) electrons. The van der Waals surface area contributed by atoms with Gasteiger partial charge in [0.05, 0.1) is 7.11 Å². The van der Waals surface area contributed by atoms with E-state index in [-0.39, 0.29) is 5.91 Å². The number of hydrogen-bond donors (Lipinski definition) is 1. The van der Waals surface area contributed by atoms with Crippen LogP contribution < -0.4 is 10.1 Å². The van der Waals surface area contributed by atoms with Crippen LogP contribution in [-0.2, 0) is 4.79 Å². The quantitative estimate of drug-likeness (QED) is 0.675. The summed E-state index contributed by atoms with van der Waals surface area (Å²) in [6.07, 6.45) is 3.91. The van der Waals surface area contributed by atoms with Crippen molar-refractivity contribution in [3.8, 4) is 5.75 Å². The van der Waals surface area contributed by atoms with Gasteiger partial charge in [0.1, 0.15) is 11.4 Å². The maximum atomic E-state index is 12.2. The Balaban J connectivity index is 1.83. The molecule has 0 bridgehead atoms. The van der Waals surface area contributed by atoms with Crippen LogP contribution in [0.3, 0.4) is 0 Å². The summed E-state index contributed by atoms with van der Waals surface area (Å²) in [7, 11) is 1.63. The van der Waals surface area contributed by atoms with Gasteiger partial charge in [-0.1, -0.05) is 12.1 Å². The van der Waals surface area contributed by atoms with Crippen LogP contribution in [0.25, 0.3) is 6.08 Å². The molecule has 1 N–H and O–H groups in total. The van der Waals surface area contributed by atoms with Gasteiger partial charge >= 0.3 is 0 Å². The van der Waals surface area contributed by atoms with Crippen molar-refractivity contribution in [2.45, 2.75) is 18.9 Å². The zero-order chi connectivity index (χ0) is 13.4. The van der Waals surface area contributed by atoms with Crippen molar-refractivity contribution in [1.82, 2.24) is 10.2 Å². The second kappa shape index (κ2) is 4.66. The fraction of sp³-hybridized carbons (Fsp3) is 0.286. The molecule has 0 unspecified atom stereocenters. The Bertz CT molecular complexity index is 561. The summed E-state index contributed by atoms with van der Waals surface area (Å²) in [5, 5.41) is 3.51. The molecule has 2 aliphatic rings. The van der Waals surface area contributed by atoms with Crippen LogP contribution >= 0.6 is 12.2 Å². The molecule has 0 spiro atoms. The Hall–Kier alpha value is -1.88. The van der Waals surface area contributed by atoms with Gasteiger partial charge < -0.3 is 10.1 Å². The van der Waals surface area contributed by atoms with Crippen LogP contribution in [0.15, 0.2) is 30.0 Å². The third kappa shape index (κ3) is 2.33. The number of rotatable bonds is 3. The molecule has 98 valence electrons. The molecule has 4 nitrogen and oxygen atoms in total. The highest BCUT2D eigenvalue weighted by Crippen LogP contribution is 2.30. The van der Waals surface area contributed by atoms with Gasteiger partial charge in [-0.2, -0.15) is 0 Å². The van der Waals surface area contributed by atoms with Gasteiger partial charge in [0.15, 0.2) is 5.11 Å². The summed E-state index contributed by atoms with van der Waals surface area (Å²) < 4.78 is 5.10. The zero-order valence-electron chi connectivity index (χ0n) is 10.6. The summed E-state index contributed by atoms with van der Waals surface area (Å²) in [4.78, 5) is 13.9. The highest BCUT2D eigenvalue weighted by molar-refractivity contribution is 7.80. The summed E-state index contributed by atoms with van der Waals surface area (Å²) >= 11 is 5.20. The lowest BCUT2D eigenvalue weighted by atomic mass is 10.2. The maximum Gasteiger partial charge on any atom is 0.276 e. The number of nitrogens with one attached hydrogen (secondary N) is 1. The average Bonchev–Trinajstić information content (AvgIpc) is 3.19. The maximum absolute atomic E-state index is 12.2. The van der Waals surface area contributed by atoms with E-state index in [0.29, 0.717) is 16.9 Å². The van der Waals surface area contributed by atoms with Crippen LogP contribution in [0.5, 0.6) is 5.75 Å². The number of methoxy groups -OCH3 is 1. The van der Waals surface area contributed by atoms with E-state index < -0.39 is 0 Å². The van der Waals surface area contributed by atoms with Crippen LogP contribution in [0.4, 0.5) is 0 Å². The third-order valence-corrected chi connectivity index (χ3v) is 3.55. The molecule has 1 aliphatic heterocycles. The molecule has 0 aromatic heterocycles. The molecule has 1 saturated carbocycles. The van der Waals surface area contributed by atoms with Crippen LogP contribution in [0.1, 0.15) is 18.4 Å². The minimum Gasteiger partial charge on any atom is -0.497 e. The molecule has 2 fully saturated rings. The highest BCUT2D eigenvalue weighted by Gasteiger charge is 2.41. The number of amides is 1. The van der Waals surface area contributed by atoms with Crippen LogP contribution in [0.2, 0.25) is 0 Å². The smallest absolute Gasteiger partial charge is 0.276 e. The monoisotopic (exact) mass is 274 g/mol. The summed E-state index contributed by atoms with van der Waals surface area (Å²) in [5.74, 6) is 0.770. The van der Waals surface area contributed by atoms with E-state index in [0.717, 1.165) is 24.2 Å². The van der Waals surface area contributed by atoms with Gasteiger partial charge in [-0.3, -0.25) is 9.69 Å². The highest BCUT2D eigenvalue weighted by atomic mass is 32.1. The standard InChI is InChI=1S/C14H14N2O2S/c1-18-11-6-2-9(3-7-11)8-12-13(17)16(10-4-5-10)14(19)15-12/h2-3,6-8,10H,4-5H2,1H3,(H,15,19)/b12-8-.